The number of piperidine rings is 1. The van der Waals surface area contributed by atoms with Gasteiger partial charge in [-0.3, -0.25) is 4.79 Å². The third-order valence-corrected chi connectivity index (χ3v) is 6.04. The minimum atomic E-state index is -1.21. The van der Waals surface area contributed by atoms with Crippen LogP contribution in [0, 0.1) is 11.8 Å². The number of hydrogen-bond donors (Lipinski definition) is 1. The summed E-state index contributed by atoms with van der Waals surface area (Å²) in [6.07, 6.45) is -1.40. The Hall–Kier alpha value is -1.12. The van der Waals surface area contributed by atoms with Crippen LogP contribution >= 0.6 is 0 Å². The highest BCUT2D eigenvalue weighted by molar-refractivity contribution is 6.76. The van der Waals surface area contributed by atoms with Crippen molar-refractivity contribution >= 4 is 20.1 Å². The van der Waals surface area contributed by atoms with E-state index in [2.05, 4.69) is 19.6 Å². The van der Waals surface area contributed by atoms with Crippen LogP contribution < -0.4 is 0 Å². The number of amides is 1. The standard InChI is InChI=1S/C19H37NO6Si/c1-8-25-17(22)15-12-20(18(23)26-19(2,3)4)11-14(16(15)21)13-24-9-10-27(5,6)7/h14-16,21H,8-13H2,1-7H3/t14-,15-,16-/m0/s1. The second-order valence-corrected chi connectivity index (χ2v) is 15.0. The molecule has 1 saturated heterocycles. The van der Waals surface area contributed by atoms with E-state index in [-0.39, 0.29) is 19.1 Å². The van der Waals surface area contributed by atoms with Crippen LogP contribution in [0.1, 0.15) is 27.7 Å². The number of aliphatic hydroxyl groups excluding tert-OH is 1. The molecule has 1 heterocycles. The molecule has 0 aromatic heterocycles. The topological polar surface area (TPSA) is 85.3 Å². The number of carbonyl (C=O) groups excluding carboxylic acids is 2. The first-order valence-corrected chi connectivity index (χ1v) is 13.4. The molecule has 158 valence electrons. The van der Waals surface area contributed by atoms with E-state index in [1.807, 2.05) is 0 Å². The van der Waals surface area contributed by atoms with Gasteiger partial charge in [0.05, 0.1) is 19.3 Å². The molecule has 0 saturated carbocycles. The Morgan fingerprint density at radius 1 is 1.19 bits per heavy atom. The van der Waals surface area contributed by atoms with Gasteiger partial charge in [0.25, 0.3) is 0 Å². The predicted molar refractivity (Wildman–Crippen MR) is 106 cm³/mol. The summed E-state index contributed by atoms with van der Waals surface area (Å²) in [7, 11) is -1.21. The Morgan fingerprint density at radius 3 is 2.33 bits per heavy atom. The quantitative estimate of drug-likeness (QED) is 0.400. The largest absolute Gasteiger partial charge is 0.466 e. The summed E-state index contributed by atoms with van der Waals surface area (Å²) < 4.78 is 16.3. The SMILES string of the molecule is CCOC(=O)[C@H]1CN(C(=O)OC(C)(C)C)C[C@@H](COCC[Si](C)(C)C)[C@@H]1O. The van der Waals surface area contributed by atoms with E-state index >= 15 is 0 Å². The number of esters is 1. The van der Waals surface area contributed by atoms with Crippen LogP contribution in [0.3, 0.4) is 0 Å². The van der Waals surface area contributed by atoms with Crippen molar-refractivity contribution in [3.63, 3.8) is 0 Å². The molecule has 0 aromatic carbocycles. The molecule has 0 radical (unpaired) electrons. The molecule has 27 heavy (non-hydrogen) atoms. The van der Waals surface area contributed by atoms with Gasteiger partial charge < -0.3 is 24.2 Å². The molecule has 1 fully saturated rings. The number of rotatable bonds is 7. The van der Waals surface area contributed by atoms with E-state index in [9.17, 15) is 14.7 Å². The van der Waals surface area contributed by atoms with Gasteiger partial charge in [-0.2, -0.15) is 0 Å². The van der Waals surface area contributed by atoms with Crippen molar-refractivity contribution in [3.05, 3.63) is 0 Å². The first kappa shape index (κ1) is 23.9. The Bertz CT molecular complexity index is 499. The molecule has 3 atom stereocenters. The van der Waals surface area contributed by atoms with Gasteiger partial charge in [-0.25, -0.2) is 4.79 Å². The van der Waals surface area contributed by atoms with E-state index in [1.54, 1.807) is 27.7 Å². The molecule has 1 aliphatic heterocycles. The molecule has 0 aliphatic carbocycles. The first-order valence-electron chi connectivity index (χ1n) is 9.74. The van der Waals surface area contributed by atoms with Crippen molar-refractivity contribution < 1.29 is 28.9 Å². The summed E-state index contributed by atoms with van der Waals surface area (Å²) in [4.78, 5) is 26.2. The summed E-state index contributed by atoms with van der Waals surface area (Å²) in [6.45, 7) is 15.4. The fraction of sp³-hybridized carbons (Fsp3) is 0.895. The van der Waals surface area contributed by atoms with Crippen molar-refractivity contribution in [3.8, 4) is 0 Å². The first-order chi connectivity index (χ1) is 12.3. The zero-order chi connectivity index (χ0) is 20.8. The Labute approximate surface area is 164 Å². The normalized spacial score (nSPS) is 23.9. The van der Waals surface area contributed by atoms with Crippen molar-refractivity contribution in [1.82, 2.24) is 4.90 Å². The molecule has 1 N–H and O–H groups in total. The molecular formula is C19H37NO6Si. The zero-order valence-electron chi connectivity index (χ0n) is 17.9. The summed E-state index contributed by atoms with van der Waals surface area (Å²) >= 11 is 0. The highest BCUT2D eigenvalue weighted by atomic mass is 28.3. The van der Waals surface area contributed by atoms with Gasteiger partial charge in [-0.1, -0.05) is 19.6 Å². The Kier molecular flexibility index (Phi) is 8.76. The van der Waals surface area contributed by atoms with Crippen molar-refractivity contribution in [2.45, 2.75) is 65.1 Å². The van der Waals surface area contributed by atoms with Gasteiger partial charge in [0, 0.05) is 33.7 Å². The molecule has 0 bridgehead atoms. The van der Waals surface area contributed by atoms with E-state index in [0.717, 1.165) is 6.04 Å². The zero-order valence-corrected chi connectivity index (χ0v) is 18.9. The van der Waals surface area contributed by atoms with E-state index < -0.39 is 37.8 Å². The van der Waals surface area contributed by atoms with E-state index in [4.69, 9.17) is 14.2 Å². The number of likely N-dealkylation sites (tertiary alicyclic amines) is 1. The molecule has 8 heteroatoms. The average Bonchev–Trinajstić information content (AvgIpc) is 2.50. The molecular weight excluding hydrogens is 366 g/mol. The fourth-order valence-electron chi connectivity index (χ4n) is 2.84. The minimum absolute atomic E-state index is 0.0836. The van der Waals surface area contributed by atoms with Crippen LogP contribution in [-0.2, 0) is 19.0 Å². The van der Waals surface area contributed by atoms with Crippen LogP contribution in [0.15, 0.2) is 0 Å². The second-order valence-electron chi connectivity index (χ2n) is 9.38. The number of nitrogens with zero attached hydrogens (tertiary/aromatic N) is 1. The third kappa shape index (κ3) is 8.61. The van der Waals surface area contributed by atoms with Gasteiger partial charge >= 0.3 is 12.1 Å². The van der Waals surface area contributed by atoms with Crippen molar-refractivity contribution in [2.75, 3.05) is 32.9 Å². The molecule has 1 amide bonds. The maximum atomic E-state index is 12.5. The van der Waals surface area contributed by atoms with E-state index in [1.165, 1.54) is 4.90 Å². The lowest BCUT2D eigenvalue weighted by atomic mass is 9.86. The second kappa shape index (κ2) is 9.89. The summed E-state index contributed by atoms with van der Waals surface area (Å²) in [5, 5.41) is 10.7. The lowest BCUT2D eigenvalue weighted by Gasteiger charge is -2.40. The lowest BCUT2D eigenvalue weighted by molar-refractivity contribution is -0.159. The maximum Gasteiger partial charge on any atom is 0.410 e. The van der Waals surface area contributed by atoms with Crippen LogP contribution in [0.5, 0.6) is 0 Å². The van der Waals surface area contributed by atoms with Gasteiger partial charge in [-0.05, 0) is 33.7 Å². The molecule has 7 nitrogen and oxygen atoms in total. The predicted octanol–water partition coefficient (Wildman–Crippen LogP) is 2.75. The highest BCUT2D eigenvalue weighted by Gasteiger charge is 2.43. The van der Waals surface area contributed by atoms with Crippen LogP contribution in [0.25, 0.3) is 0 Å². The van der Waals surface area contributed by atoms with Gasteiger partial charge in [0.2, 0.25) is 0 Å². The van der Waals surface area contributed by atoms with Crippen molar-refractivity contribution in [2.24, 2.45) is 11.8 Å². The van der Waals surface area contributed by atoms with Crippen molar-refractivity contribution in [1.29, 1.82) is 0 Å². The summed E-state index contributed by atoms with van der Waals surface area (Å²) in [5.41, 5.74) is -0.629. The number of carbonyl (C=O) groups is 2. The monoisotopic (exact) mass is 403 g/mol. The molecule has 1 aliphatic rings. The lowest BCUT2D eigenvalue weighted by Crippen LogP contribution is -2.56. The average molecular weight is 404 g/mol. The Balaban J connectivity index is 2.80. The third-order valence-electron chi connectivity index (χ3n) is 4.34. The van der Waals surface area contributed by atoms with Crippen LogP contribution in [-0.4, -0.2) is 74.8 Å². The highest BCUT2D eigenvalue weighted by Crippen LogP contribution is 2.26. The maximum absolute atomic E-state index is 12.5. The molecule has 0 aromatic rings. The van der Waals surface area contributed by atoms with E-state index in [0.29, 0.717) is 19.8 Å². The Morgan fingerprint density at radius 2 is 1.81 bits per heavy atom. The van der Waals surface area contributed by atoms with Gasteiger partial charge in [-0.15, -0.1) is 0 Å². The number of hydrogen-bond acceptors (Lipinski definition) is 6. The van der Waals surface area contributed by atoms with Gasteiger partial charge in [0.15, 0.2) is 0 Å². The fourth-order valence-corrected chi connectivity index (χ4v) is 3.60. The van der Waals surface area contributed by atoms with Crippen LogP contribution in [0.4, 0.5) is 4.79 Å². The number of ether oxygens (including phenoxy) is 3. The molecule has 0 spiro atoms. The smallest absolute Gasteiger partial charge is 0.410 e. The summed E-state index contributed by atoms with van der Waals surface area (Å²) in [6, 6.07) is 1.02. The number of aliphatic hydroxyl groups is 1. The molecule has 0 unspecified atom stereocenters. The van der Waals surface area contributed by atoms with Crippen LogP contribution in [0.2, 0.25) is 25.7 Å². The van der Waals surface area contributed by atoms with Gasteiger partial charge in [0.1, 0.15) is 11.5 Å². The molecule has 1 rings (SSSR count). The minimum Gasteiger partial charge on any atom is -0.466 e. The summed E-state index contributed by atoms with van der Waals surface area (Å²) in [5.74, 6) is -1.65.